The molecular weight excluding hydrogens is 275 g/mol. The molecule has 0 atom stereocenters. The van der Waals surface area contributed by atoms with Gasteiger partial charge in [0, 0.05) is 17.0 Å². The fourth-order valence-electron chi connectivity index (χ4n) is 1.65. The Balaban J connectivity index is 2.47. The quantitative estimate of drug-likeness (QED) is 0.392. The fraction of sp³-hybridized carbons (Fsp3) is 0.167. The van der Waals surface area contributed by atoms with Crippen LogP contribution in [0, 0.1) is 0 Å². The summed E-state index contributed by atoms with van der Waals surface area (Å²) in [6.07, 6.45) is -4.47. The van der Waals surface area contributed by atoms with Crippen LogP contribution in [0.1, 0.15) is 5.56 Å². The molecule has 1 aromatic carbocycles. The van der Waals surface area contributed by atoms with E-state index in [2.05, 4.69) is 14.9 Å². The van der Waals surface area contributed by atoms with Gasteiger partial charge < -0.3 is 15.7 Å². The van der Waals surface area contributed by atoms with Gasteiger partial charge in [-0.1, -0.05) is 23.4 Å². The van der Waals surface area contributed by atoms with Crippen LogP contribution in [0.2, 0.25) is 0 Å². The minimum Gasteiger partial charge on any atom is -0.468 e. The molecule has 106 valence electrons. The smallest absolute Gasteiger partial charge is 0.422 e. The molecule has 0 spiro atoms. The first-order chi connectivity index (χ1) is 9.40. The number of para-hydroxylation sites is 1. The number of ether oxygens (including phenoxy) is 1. The zero-order valence-electron chi connectivity index (χ0n) is 10.1. The van der Waals surface area contributed by atoms with E-state index in [1.54, 1.807) is 24.3 Å². The van der Waals surface area contributed by atoms with Gasteiger partial charge in [0.15, 0.2) is 12.4 Å². The maximum Gasteiger partial charge on any atom is 0.422 e. The number of amidine groups is 1. The number of benzene rings is 1. The minimum absolute atomic E-state index is 0.236. The molecule has 2 aromatic rings. The summed E-state index contributed by atoms with van der Waals surface area (Å²) in [5, 5.41) is 12.1. The number of oxime groups is 1. The third-order valence-corrected chi connectivity index (χ3v) is 2.46. The largest absolute Gasteiger partial charge is 0.468 e. The molecule has 2 rings (SSSR count). The number of nitrogens with two attached hydrogens (primary N) is 1. The number of pyridine rings is 1. The monoisotopic (exact) mass is 285 g/mol. The molecule has 0 amide bonds. The number of nitrogens with zero attached hydrogens (tertiary/aromatic N) is 2. The van der Waals surface area contributed by atoms with Crippen LogP contribution in [0.5, 0.6) is 5.88 Å². The van der Waals surface area contributed by atoms with Crippen LogP contribution in [-0.4, -0.2) is 28.8 Å². The molecular formula is C12H10F3N3O2. The van der Waals surface area contributed by atoms with Crippen molar-refractivity contribution in [2.75, 3.05) is 6.61 Å². The van der Waals surface area contributed by atoms with Gasteiger partial charge in [-0.2, -0.15) is 13.2 Å². The first-order valence-corrected chi connectivity index (χ1v) is 5.48. The summed E-state index contributed by atoms with van der Waals surface area (Å²) in [6, 6.07) is 7.81. The standard InChI is InChI=1S/C12H10F3N3O2/c13-12(14,15)6-20-10-5-8(11(16)18-19)7-3-1-2-4-9(7)17-10/h1-5,19H,6H2,(H2,16,18). The molecule has 20 heavy (non-hydrogen) atoms. The molecule has 1 aromatic heterocycles. The van der Waals surface area contributed by atoms with Gasteiger partial charge >= 0.3 is 6.18 Å². The maximum absolute atomic E-state index is 12.1. The molecule has 0 radical (unpaired) electrons. The van der Waals surface area contributed by atoms with Gasteiger partial charge in [-0.05, 0) is 6.07 Å². The number of hydrogen-bond acceptors (Lipinski definition) is 4. The summed E-state index contributed by atoms with van der Waals surface area (Å²) in [5.74, 6) is -0.483. The zero-order chi connectivity index (χ0) is 14.8. The van der Waals surface area contributed by atoms with Crippen molar-refractivity contribution in [3.05, 3.63) is 35.9 Å². The lowest BCUT2D eigenvalue weighted by atomic mass is 10.1. The highest BCUT2D eigenvalue weighted by Crippen LogP contribution is 2.23. The number of aromatic nitrogens is 1. The number of hydrogen-bond donors (Lipinski definition) is 2. The summed E-state index contributed by atoms with van der Waals surface area (Å²) in [7, 11) is 0. The lowest BCUT2D eigenvalue weighted by Gasteiger charge is -2.11. The van der Waals surface area contributed by atoms with E-state index in [1.165, 1.54) is 6.07 Å². The van der Waals surface area contributed by atoms with E-state index in [0.717, 1.165) is 0 Å². The molecule has 0 saturated heterocycles. The van der Waals surface area contributed by atoms with E-state index in [9.17, 15) is 13.2 Å². The predicted molar refractivity (Wildman–Crippen MR) is 65.8 cm³/mol. The molecule has 3 N–H and O–H groups in total. The Morgan fingerprint density at radius 3 is 2.70 bits per heavy atom. The van der Waals surface area contributed by atoms with Crippen molar-refractivity contribution >= 4 is 16.7 Å². The topological polar surface area (TPSA) is 80.7 Å². The Labute approximate surface area is 111 Å². The Morgan fingerprint density at radius 1 is 1.35 bits per heavy atom. The molecule has 0 aliphatic rings. The van der Waals surface area contributed by atoms with E-state index in [-0.39, 0.29) is 17.3 Å². The van der Waals surface area contributed by atoms with Crippen LogP contribution in [0.15, 0.2) is 35.5 Å². The number of fused-ring (bicyclic) bond motifs is 1. The van der Waals surface area contributed by atoms with E-state index in [0.29, 0.717) is 10.9 Å². The molecule has 0 aliphatic carbocycles. The number of alkyl halides is 3. The van der Waals surface area contributed by atoms with Crippen LogP contribution in [-0.2, 0) is 0 Å². The minimum atomic E-state index is -4.47. The summed E-state index contributed by atoms with van der Waals surface area (Å²) in [6.45, 7) is -1.46. The first-order valence-electron chi connectivity index (χ1n) is 5.48. The molecule has 0 fully saturated rings. The fourth-order valence-corrected chi connectivity index (χ4v) is 1.65. The lowest BCUT2D eigenvalue weighted by Crippen LogP contribution is -2.20. The molecule has 0 aliphatic heterocycles. The second kappa shape index (κ2) is 5.24. The summed E-state index contributed by atoms with van der Waals surface area (Å²) >= 11 is 0. The highest BCUT2D eigenvalue weighted by atomic mass is 19.4. The van der Waals surface area contributed by atoms with E-state index in [1.807, 2.05) is 0 Å². The van der Waals surface area contributed by atoms with E-state index in [4.69, 9.17) is 10.9 Å². The van der Waals surface area contributed by atoms with Gasteiger partial charge in [0.05, 0.1) is 5.52 Å². The molecule has 0 unspecified atom stereocenters. The molecule has 0 bridgehead atoms. The van der Waals surface area contributed by atoms with Crippen LogP contribution in [0.25, 0.3) is 10.9 Å². The number of halogens is 3. The predicted octanol–water partition coefficient (Wildman–Crippen LogP) is 2.27. The van der Waals surface area contributed by atoms with E-state index < -0.39 is 12.8 Å². The van der Waals surface area contributed by atoms with Crippen LogP contribution in [0.3, 0.4) is 0 Å². The molecule has 1 heterocycles. The summed E-state index contributed by atoms with van der Waals surface area (Å²) < 4.78 is 41.0. The van der Waals surface area contributed by atoms with Gasteiger partial charge in [-0.15, -0.1) is 0 Å². The molecule has 5 nitrogen and oxygen atoms in total. The van der Waals surface area contributed by atoms with Crippen molar-refractivity contribution in [1.82, 2.24) is 4.98 Å². The van der Waals surface area contributed by atoms with Crippen molar-refractivity contribution in [3.8, 4) is 5.88 Å². The number of rotatable bonds is 3. The van der Waals surface area contributed by atoms with Crippen molar-refractivity contribution in [2.45, 2.75) is 6.18 Å². The second-order valence-corrected chi connectivity index (χ2v) is 3.91. The maximum atomic E-state index is 12.1. The van der Waals surface area contributed by atoms with Crippen molar-refractivity contribution in [2.24, 2.45) is 10.9 Å². The third kappa shape index (κ3) is 3.08. The Morgan fingerprint density at radius 2 is 2.05 bits per heavy atom. The van der Waals surface area contributed by atoms with Gasteiger partial charge in [0.25, 0.3) is 0 Å². The van der Waals surface area contributed by atoms with Crippen molar-refractivity contribution in [3.63, 3.8) is 0 Å². The third-order valence-electron chi connectivity index (χ3n) is 2.46. The van der Waals surface area contributed by atoms with Gasteiger partial charge in [0.1, 0.15) is 0 Å². The second-order valence-electron chi connectivity index (χ2n) is 3.91. The normalized spacial score (nSPS) is 12.7. The Bertz CT molecular complexity index is 656. The van der Waals surface area contributed by atoms with Crippen molar-refractivity contribution in [1.29, 1.82) is 0 Å². The average Bonchev–Trinajstić information content (AvgIpc) is 2.42. The first kappa shape index (κ1) is 13.9. The van der Waals surface area contributed by atoms with Gasteiger partial charge in [0.2, 0.25) is 5.88 Å². The van der Waals surface area contributed by atoms with Crippen LogP contribution >= 0.6 is 0 Å². The van der Waals surface area contributed by atoms with Crippen LogP contribution in [0.4, 0.5) is 13.2 Å². The lowest BCUT2D eigenvalue weighted by molar-refractivity contribution is -0.154. The average molecular weight is 285 g/mol. The highest BCUT2D eigenvalue weighted by Gasteiger charge is 2.28. The van der Waals surface area contributed by atoms with E-state index >= 15 is 0 Å². The zero-order valence-corrected chi connectivity index (χ0v) is 10.1. The Kier molecular flexibility index (Phi) is 3.64. The van der Waals surface area contributed by atoms with Gasteiger partial charge in [-0.25, -0.2) is 4.98 Å². The van der Waals surface area contributed by atoms with Crippen molar-refractivity contribution < 1.29 is 23.1 Å². The van der Waals surface area contributed by atoms with Gasteiger partial charge in [-0.3, -0.25) is 0 Å². The molecule has 0 saturated carbocycles. The summed E-state index contributed by atoms with van der Waals surface area (Å²) in [5.41, 5.74) is 6.13. The molecule has 8 heteroatoms. The SMILES string of the molecule is NC(=NO)c1cc(OCC(F)(F)F)nc2ccccc12. The van der Waals surface area contributed by atoms with Crippen LogP contribution < -0.4 is 10.5 Å². The Hall–Kier alpha value is -2.51. The highest BCUT2D eigenvalue weighted by molar-refractivity contribution is 6.08. The summed E-state index contributed by atoms with van der Waals surface area (Å²) in [4.78, 5) is 3.94.